The molecule has 20 heavy (non-hydrogen) atoms. The summed E-state index contributed by atoms with van der Waals surface area (Å²) < 4.78 is 5.42. The third-order valence-electron chi connectivity index (χ3n) is 2.29. The SMILES string of the molecule is CCC(=O)NCC#CCOc1cccc(NC(C)=O)c1. The van der Waals surface area contributed by atoms with Gasteiger partial charge >= 0.3 is 0 Å². The Kier molecular flexibility index (Phi) is 6.69. The van der Waals surface area contributed by atoms with Crippen LogP contribution in [0.4, 0.5) is 5.69 Å². The summed E-state index contributed by atoms with van der Waals surface area (Å²) in [5, 5.41) is 5.32. The number of hydrogen-bond acceptors (Lipinski definition) is 3. The van der Waals surface area contributed by atoms with Crippen molar-refractivity contribution < 1.29 is 14.3 Å². The molecule has 1 aromatic carbocycles. The molecule has 2 amide bonds. The molecule has 1 aromatic rings. The van der Waals surface area contributed by atoms with E-state index in [1.807, 2.05) is 0 Å². The second-order valence-electron chi connectivity index (χ2n) is 3.98. The fourth-order valence-electron chi connectivity index (χ4n) is 1.37. The molecule has 0 aliphatic heterocycles. The highest BCUT2D eigenvalue weighted by Crippen LogP contribution is 2.16. The Balaban J connectivity index is 2.37. The zero-order chi connectivity index (χ0) is 14.8. The van der Waals surface area contributed by atoms with Crippen LogP contribution in [0.1, 0.15) is 20.3 Å². The molecule has 0 unspecified atom stereocenters. The van der Waals surface area contributed by atoms with Crippen molar-refractivity contribution in [3.8, 4) is 17.6 Å². The summed E-state index contributed by atoms with van der Waals surface area (Å²) in [5.74, 6) is 6.06. The molecule has 0 aliphatic carbocycles. The lowest BCUT2D eigenvalue weighted by atomic mass is 10.3. The maximum Gasteiger partial charge on any atom is 0.221 e. The van der Waals surface area contributed by atoms with Crippen LogP contribution in [0.25, 0.3) is 0 Å². The molecule has 106 valence electrons. The van der Waals surface area contributed by atoms with E-state index in [1.165, 1.54) is 6.92 Å². The molecular formula is C15H18N2O3. The van der Waals surface area contributed by atoms with E-state index in [2.05, 4.69) is 22.5 Å². The predicted octanol–water partition coefficient (Wildman–Crippen LogP) is 1.55. The normalized spacial score (nSPS) is 9.10. The van der Waals surface area contributed by atoms with Crippen LogP contribution in [-0.2, 0) is 9.59 Å². The molecule has 5 nitrogen and oxygen atoms in total. The number of carbonyl (C=O) groups is 2. The van der Waals surface area contributed by atoms with Gasteiger partial charge in [-0.1, -0.05) is 24.8 Å². The molecule has 2 N–H and O–H groups in total. The van der Waals surface area contributed by atoms with E-state index >= 15 is 0 Å². The number of amides is 2. The minimum absolute atomic E-state index is 0.0248. The number of rotatable bonds is 5. The Morgan fingerprint density at radius 2 is 2.10 bits per heavy atom. The molecule has 0 bridgehead atoms. The van der Waals surface area contributed by atoms with E-state index < -0.39 is 0 Å². The topological polar surface area (TPSA) is 67.4 Å². The molecule has 0 aromatic heterocycles. The van der Waals surface area contributed by atoms with Crippen molar-refractivity contribution >= 4 is 17.5 Å². The van der Waals surface area contributed by atoms with Crippen molar-refractivity contribution in [2.75, 3.05) is 18.5 Å². The van der Waals surface area contributed by atoms with E-state index in [0.717, 1.165) is 0 Å². The molecular weight excluding hydrogens is 256 g/mol. The van der Waals surface area contributed by atoms with Crippen molar-refractivity contribution in [3.05, 3.63) is 24.3 Å². The number of nitrogens with one attached hydrogen (secondary N) is 2. The van der Waals surface area contributed by atoms with Gasteiger partial charge < -0.3 is 15.4 Å². The van der Waals surface area contributed by atoms with Crippen LogP contribution in [0.5, 0.6) is 5.75 Å². The molecule has 0 saturated carbocycles. The molecule has 0 spiro atoms. The number of carbonyl (C=O) groups excluding carboxylic acids is 2. The fourth-order valence-corrected chi connectivity index (χ4v) is 1.37. The van der Waals surface area contributed by atoms with Crippen molar-refractivity contribution in [1.82, 2.24) is 5.32 Å². The van der Waals surface area contributed by atoms with Gasteiger partial charge in [-0.3, -0.25) is 9.59 Å². The number of benzene rings is 1. The maximum absolute atomic E-state index is 10.9. The average molecular weight is 274 g/mol. The smallest absolute Gasteiger partial charge is 0.221 e. The second kappa shape index (κ2) is 8.59. The largest absolute Gasteiger partial charge is 0.481 e. The molecule has 0 heterocycles. The van der Waals surface area contributed by atoms with Crippen LogP contribution in [-0.4, -0.2) is 25.0 Å². The highest BCUT2D eigenvalue weighted by atomic mass is 16.5. The van der Waals surface area contributed by atoms with Crippen molar-refractivity contribution in [2.24, 2.45) is 0 Å². The van der Waals surface area contributed by atoms with E-state index in [4.69, 9.17) is 4.74 Å². The van der Waals surface area contributed by atoms with Gasteiger partial charge in [-0.15, -0.1) is 0 Å². The fraction of sp³-hybridized carbons (Fsp3) is 0.333. The lowest BCUT2D eigenvalue weighted by Crippen LogP contribution is -2.22. The van der Waals surface area contributed by atoms with Crippen LogP contribution in [0.15, 0.2) is 24.3 Å². The van der Waals surface area contributed by atoms with Gasteiger partial charge in [0.1, 0.15) is 12.4 Å². The van der Waals surface area contributed by atoms with E-state index in [0.29, 0.717) is 24.4 Å². The first kappa shape index (κ1) is 15.6. The first-order valence-electron chi connectivity index (χ1n) is 6.34. The van der Waals surface area contributed by atoms with Gasteiger partial charge in [-0.2, -0.15) is 0 Å². The van der Waals surface area contributed by atoms with Crippen LogP contribution in [0.2, 0.25) is 0 Å². The standard InChI is InChI=1S/C15H18N2O3/c1-3-15(19)16-9-4-5-10-20-14-8-6-7-13(11-14)17-12(2)18/h6-8,11H,3,9-10H2,1-2H3,(H,16,19)(H,17,18). The Hall–Kier alpha value is -2.48. The quantitative estimate of drug-likeness (QED) is 0.801. The van der Waals surface area contributed by atoms with Gasteiger partial charge in [0.15, 0.2) is 0 Å². The summed E-state index contributed by atoms with van der Waals surface area (Å²) in [6.07, 6.45) is 0.453. The van der Waals surface area contributed by atoms with Crippen LogP contribution in [0, 0.1) is 11.8 Å². The summed E-state index contributed by atoms with van der Waals surface area (Å²) in [4.78, 5) is 21.9. The Labute approximate surface area is 118 Å². The van der Waals surface area contributed by atoms with Crippen molar-refractivity contribution in [2.45, 2.75) is 20.3 Å². The van der Waals surface area contributed by atoms with Crippen molar-refractivity contribution in [3.63, 3.8) is 0 Å². The maximum atomic E-state index is 10.9. The van der Waals surface area contributed by atoms with Gasteiger partial charge in [-0.25, -0.2) is 0 Å². The minimum atomic E-state index is -0.131. The van der Waals surface area contributed by atoms with E-state index in [-0.39, 0.29) is 18.4 Å². The van der Waals surface area contributed by atoms with Crippen molar-refractivity contribution in [1.29, 1.82) is 0 Å². The zero-order valence-electron chi connectivity index (χ0n) is 11.7. The molecule has 0 atom stereocenters. The number of hydrogen-bond donors (Lipinski definition) is 2. The summed E-state index contributed by atoms with van der Waals surface area (Å²) in [6.45, 7) is 3.78. The van der Waals surface area contributed by atoms with E-state index in [1.54, 1.807) is 31.2 Å². The molecule has 0 saturated heterocycles. The van der Waals surface area contributed by atoms with Gasteiger partial charge in [0.2, 0.25) is 11.8 Å². The van der Waals surface area contributed by atoms with Gasteiger partial charge in [0.25, 0.3) is 0 Å². The van der Waals surface area contributed by atoms with Crippen LogP contribution in [0.3, 0.4) is 0 Å². The lowest BCUT2D eigenvalue weighted by Gasteiger charge is -2.05. The third kappa shape index (κ3) is 6.45. The third-order valence-corrected chi connectivity index (χ3v) is 2.29. The summed E-state index contributed by atoms with van der Waals surface area (Å²) in [7, 11) is 0. The highest BCUT2D eigenvalue weighted by Gasteiger charge is 1.97. The Morgan fingerprint density at radius 3 is 2.80 bits per heavy atom. The zero-order valence-corrected chi connectivity index (χ0v) is 11.7. The lowest BCUT2D eigenvalue weighted by molar-refractivity contribution is -0.120. The number of anilines is 1. The van der Waals surface area contributed by atoms with Gasteiger partial charge in [0, 0.05) is 25.1 Å². The predicted molar refractivity (Wildman–Crippen MR) is 77.3 cm³/mol. The molecule has 0 aliphatic rings. The first-order chi connectivity index (χ1) is 9.61. The average Bonchev–Trinajstić information content (AvgIpc) is 2.42. The molecule has 1 rings (SSSR count). The van der Waals surface area contributed by atoms with E-state index in [9.17, 15) is 9.59 Å². The second-order valence-corrected chi connectivity index (χ2v) is 3.98. The Morgan fingerprint density at radius 1 is 1.30 bits per heavy atom. The molecule has 0 fully saturated rings. The highest BCUT2D eigenvalue weighted by molar-refractivity contribution is 5.88. The first-order valence-corrected chi connectivity index (χ1v) is 6.34. The summed E-state index contributed by atoms with van der Waals surface area (Å²) >= 11 is 0. The summed E-state index contributed by atoms with van der Waals surface area (Å²) in [6, 6.07) is 7.07. The monoisotopic (exact) mass is 274 g/mol. The van der Waals surface area contributed by atoms with Crippen LogP contribution < -0.4 is 15.4 Å². The number of ether oxygens (including phenoxy) is 1. The molecule has 5 heteroatoms. The Bertz CT molecular complexity index is 529. The minimum Gasteiger partial charge on any atom is -0.481 e. The van der Waals surface area contributed by atoms with Crippen LogP contribution >= 0.6 is 0 Å². The summed E-state index contributed by atoms with van der Waals surface area (Å²) in [5.41, 5.74) is 0.679. The molecule has 0 radical (unpaired) electrons. The van der Waals surface area contributed by atoms with Gasteiger partial charge in [0.05, 0.1) is 6.54 Å². The van der Waals surface area contributed by atoms with Gasteiger partial charge in [-0.05, 0) is 12.1 Å².